The molecule has 0 spiro atoms. The summed E-state index contributed by atoms with van der Waals surface area (Å²) in [6, 6.07) is 24.0. The van der Waals surface area contributed by atoms with Crippen molar-refractivity contribution in [3.8, 4) is 5.75 Å². The Hall–Kier alpha value is -3.84. The van der Waals surface area contributed by atoms with Gasteiger partial charge in [0.2, 0.25) is 0 Å². The van der Waals surface area contributed by atoms with E-state index in [-0.39, 0.29) is 6.61 Å². The van der Waals surface area contributed by atoms with E-state index >= 15 is 0 Å². The predicted molar refractivity (Wildman–Crippen MR) is 113 cm³/mol. The summed E-state index contributed by atoms with van der Waals surface area (Å²) in [6.07, 6.45) is -2.68. The Morgan fingerprint density at radius 2 is 1.35 bits per heavy atom. The average Bonchev–Trinajstić information content (AvgIpc) is 2.81. The quantitative estimate of drug-likeness (QED) is 0.487. The van der Waals surface area contributed by atoms with Crippen LogP contribution in [0.25, 0.3) is 0 Å². The van der Waals surface area contributed by atoms with Crippen LogP contribution in [0.1, 0.15) is 22.7 Å². The maximum atomic E-state index is 12.2. The molecule has 3 rings (SSSR count). The largest absolute Gasteiger partial charge is 0.489 e. The van der Waals surface area contributed by atoms with Crippen LogP contribution < -0.4 is 10.1 Å². The molecule has 0 heterocycles. The summed E-state index contributed by atoms with van der Waals surface area (Å²) in [6.45, 7) is 0.403. The van der Waals surface area contributed by atoms with Crippen LogP contribution in [-0.2, 0) is 22.7 Å². The highest BCUT2D eigenvalue weighted by molar-refractivity contribution is 5.75. The molecular weight excluding hydrogens is 398 g/mol. The number of benzene rings is 3. The van der Waals surface area contributed by atoms with E-state index in [1.807, 2.05) is 48.5 Å². The Morgan fingerprint density at radius 1 is 0.806 bits per heavy atom. The van der Waals surface area contributed by atoms with Crippen LogP contribution in [0.4, 0.5) is 4.79 Å². The first-order valence-electron chi connectivity index (χ1n) is 9.67. The minimum atomic E-state index is -1.85. The highest BCUT2D eigenvalue weighted by Crippen LogP contribution is 2.22. The summed E-state index contributed by atoms with van der Waals surface area (Å²) in [4.78, 5) is 23.5. The summed E-state index contributed by atoms with van der Waals surface area (Å²) >= 11 is 0. The molecule has 160 valence electrons. The number of amides is 1. The van der Waals surface area contributed by atoms with E-state index in [9.17, 15) is 19.8 Å². The number of aliphatic hydroxyl groups is 1. The van der Waals surface area contributed by atoms with E-state index in [0.29, 0.717) is 17.9 Å². The topological polar surface area (TPSA) is 105 Å². The fraction of sp³-hybridized carbons (Fsp3) is 0.167. The molecule has 0 aliphatic carbocycles. The molecule has 0 saturated heterocycles. The van der Waals surface area contributed by atoms with Gasteiger partial charge in [0.25, 0.3) is 0 Å². The second kappa shape index (κ2) is 10.8. The van der Waals surface area contributed by atoms with Crippen LogP contribution >= 0.6 is 0 Å². The second-order valence-electron chi connectivity index (χ2n) is 6.81. The number of aliphatic carboxylic acids is 1. The molecule has 2 atom stereocenters. The third kappa shape index (κ3) is 6.58. The van der Waals surface area contributed by atoms with Crippen molar-refractivity contribution < 1.29 is 29.3 Å². The number of carbonyl (C=O) groups excluding carboxylic acids is 1. The lowest BCUT2D eigenvalue weighted by atomic mass is 10.0. The number of carboxylic acid groups (broad SMARTS) is 1. The van der Waals surface area contributed by atoms with Gasteiger partial charge in [-0.25, -0.2) is 9.59 Å². The lowest BCUT2D eigenvalue weighted by Gasteiger charge is -2.22. The van der Waals surface area contributed by atoms with Crippen molar-refractivity contribution in [3.63, 3.8) is 0 Å². The third-order valence-corrected chi connectivity index (χ3v) is 4.54. The Morgan fingerprint density at radius 3 is 1.90 bits per heavy atom. The summed E-state index contributed by atoms with van der Waals surface area (Å²) in [5, 5.41) is 21.8. The molecule has 0 aliphatic heterocycles. The van der Waals surface area contributed by atoms with Gasteiger partial charge in [0, 0.05) is 0 Å². The number of ether oxygens (including phenoxy) is 2. The molecule has 3 aromatic carbocycles. The summed E-state index contributed by atoms with van der Waals surface area (Å²) < 4.78 is 10.9. The fourth-order valence-corrected chi connectivity index (χ4v) is 2.89. The number of nitrogens with one attached hydrogen (secondary N) is 1. The number of carbonyl (C=O) groups is 2. The molecule has 0 bridgehead atoms. The van der Waals surface area contributed by atoms with Gasteiger partial charge >= 0.3 is 12.1 Å². The molecule has 0 aromatic heterocycles. The normalized spacial score (nSPS) is 12.4. The molecule has 1 amide bonds. The first kappa shape index (κ1) is 21.9. The van der Waals surface area contributed by atoms with Gasteiger partial charge in [0.1, 0.15) is 19.0 Å². The number of rotatable bonds is 9. The minimum Gasteiger partial charge on any atom is -0.489 e. The standard InChI is InChI=1S/C24H23NO6/c26-22(23(27)28)21(25-24(29)31-16-18-9-5-2-6-10-18)19-11-13-20(14-12-19)30-15-17-7-3-1-4-8-17/h1-14,21-22,26H,15-16H2,(H,25,29)(H,27,28)/t21-,22?/m0/s1. The molecule has 1 unspecified atom stereocenters. The first-order chi connectivity index (χ1) is 15.0. The van der Waals surface area contributed by atoms with Gasteiger partial charge in [0.15, 0.2) is 6.10 Å². The average molecular weight is 421 g/mol. The molecule has 0 fully saturated rings. The van der Waals surface area contributed by atoms with Crippen molar-refractivity contribution in [2.24, 2.45) is 0 Å². The van der Waals surface area contributed by atoms with Crippen LogP contribution in [-0.4, -0.2) is 28.4 Å². The van der Waals surface area contributed by atoms with E-state index in [2.05, 4.69) is 5.32 Å². The van der Waals surface area contributed by atoms with Gasteiger partial charge in [-0.15, -0.1) is 0 Å². The summed E-state index contributed by atoms with van der Waals surface area (Å²) in [5.74, 6) is -0.888. The zero-order chi connectivity index (χ0) is 22.1. The van der Waals surface area contributed by atoms with Crippen molar-refractivity contribution in [1.29, 1.82) is 0 Å². The van der Waals surface area contributed by atoms with Gasteiger partial charge in [-0.3, -0.25) is 0 Å². The van der Waals surface area contributed by atoms with Crippen molar-refractivity contribution in [2.75, 3.05) is 0 Å². The van der Waals surface area contributed by atoms with E-state index < -0.39 is 24.2 Å². The van der Waals surface area contributed by atoms with Crippen molar-refractivity contribution in [2.45, 2.75) is 25.4 Å². The fourth-order valence-electron chi connectivity index (χ4n) is 2.89. The molecule has 0 saturated carbocycles. The zero-order valence-corrected chi connectivity index (χ0v) is 16.7. The van der Waals surface area contributed by atoms with Crippen LogP contribution in [0.5, 0.6) is 5.75 Å². The summed E-state index contributed by atoms with van der Waals surface area (Å²) in [5.41, 5.74) is 2.19. The lowest BCUT2D eigenvalue weighted by Crippen LogP contribution is -2.40. The van der Waals surface area contributed by atoms with Gasteiger partial charge in [-0.05, 0) is 28.8 Å². The van der Waals surface area contributed by atoms with Crippen LogP contribution in [0, 0.1) is 0 Å². The number of hydrogen-bond acceptors (Lipinski definition) is 5. The second-order valence-corrected chi connectivity index (χ2v) is 6.81. The smallest absolute Gasteiger partial charge is 0.408 e. The van der Waals surface area contributed by atoms with Crippen LogP contribution in [0.15, 0.2) is 84.9 Å². The molecule has 3 N–H and O–H groups in total. The molecule has 0 aliphatic rings. The molecule has 3 aromatic rings. The van der Waals surface area contributed by atoms with E-state index in [4.69, 9.17) is 9.47 Å². The predicted octanol–water partition coefficient (Wildman–Crippen LogP) is 3.68. The van der Waals surface area contributed by atoms with E-state index in [0.717, 1.165) is 11.1 Å². The van der Waals surface area contributed by atoms with Crippen molar-refractivity contribution in [1.82, 2.24) is 5.32 Å². The highest BCUT2D eigenvalue weighted by Gasteiger charge is 2.29. The lowest BCUT2D eigenvalue weighted by molar-refractivity contribution is -0.148. The number of carboxylic acids is 1. The Bertz CT molecular complexity index is 976. The van der Waals surface area contributed by atoms with E-state index in [1.165, 1.54) is 0 Å². The maximum absolute atomic E-state index is 12.2. The number of hydrogen-bond donors (Lipinski definition) is 3. The number of alkyl carbamates (subject to hydrolysis) is 1. The monoisotopic (exact) mass is 421 g/mol. The van der Waals surface area contributed by atoms with E-state index in [1.54, 1.807) is 36.4 Å². The van der Waals surface area contributed by atoms with Gasteiger partial charge < -0.3 is 25.0 Å². The number of aliphatic hydroxyl groups excluding tert-OH is 1. The minimum absolute atomic E-state index is 0.0226. The van der Waals surface area contributed by atoms with Gasteiger partial charge in [-0.1, -0.05) is 72.8 Å². The van der Waals surface area contributed by atoms with Crippen molar-refractivity contribution in [3.05, 3.63) is 102 Å². The maximum Gasteiger partial charge on any atom is 0.408 e. The Kier molecular flexibility index (Phi) is 7.61. The van der Waals surface area contributed by atoms with Gasteiger partial charge in [0.05, 0.1) is 6.04 Å². The third-order valence-electron chi connectivity index (χ3n) is 4.54. The Labute approximate surface area is 179 Å². The van der Waals surface area contributed by atoms with Crippen LogP contribution in [0.2, 0.25) is 0 Å². The molecule has 7 heteroatoms. The Balaban J connectivity index is 1.63. The zero-order valence-electron chi connectivity index (χ0n) is 16.7. The SMILES string of the molecule is O=C(N[C@@H](c1ccc(OCc2ccccc2)cc1)C(O)C(=O)O)OCc1ccccc1. The molecular formula is C24H23NO6. The molecule has 0 radical (unpaired) electrons. The summed E-state index contributed by atoms with van der Waals surface area (Å²) in [7, 11) is 0. The van der Waals surface area contributed by atoms with Crippen molar-refractivity contribution >= 4 is 12.1 Å². The highest BCUT2D eigenvalue weighted by atomic mass is 16.5. The molecule has 7 nitrogen and oxygen atoms in total. The molecule has 31 heavy (non-hydrogen) atoms. The van der Waals surface area contributed by atoms with Crippen LogP contribution in [0.3, 0.4) is 0 Å². The first-order valence-corrected chi connectivity index (χ1v) is 9.67. The van der Waals surface area contributed by atoms with Gasteiger partial charge in [-0.2, -0.15) is 0 Å².